The van der Waals surface area contributed by atoms with Crippen molar-refractivity contribution in [1.82, 2.24) is 0 Å². The van der Waals surface area contributed by atoms with E-state index in [2.05, 4.69) is 5.32 Å². The molecule has 0 unspecified atom stereocenters. The quantitative estimate of drug-likeness (QED) is 0.877. The maximum Gasteiger partial charge on any atom is 0.262 e. The Hall–Kier alpha value is -2.33. The van der Waals surface area contributed by atoms with Crippen LogP contribution in [-0.2, 0) is 11.3 Å². The number of hydrogen-bond donors (Lipinski definition) is 2. The Kier molecular flexibility index (Phi) is 4.74. The maximum atomic E-state index is 11.8. The third-order valence-corrected chi connectivity index (χ3v) is 2.95. The lowest BCUT2D eigenvalue weighted by molar-refractivity contribution is -0.118. The molecule has 0 radical (unpaired) electrons. The molecule has 0 saturated heterocycles. The SMILES string of the molecule is Cc1ccccc1NC(=O)COc1ccc(CN)cc1. The summed E-state index contributed by atoms with van der Waals surface area (Å²) in [5, 5.41) is 2.82. The summed E-state index contributed by atoms with van der Waals surface area (Å²) in [6.45, 7) is 2.42. The molecule has 0 saturated carbocycles. The minimum atomic E-state index is -0.179. The fraction of sp³-hybridized carbons (Fsp3) is 0.188. The van der Waals surface area contributed by atoms with Gasteiger partial charge in [0.2, 0.25) is 0 Å². The number of amides is 1. The van der Waals surface area contributed by atoms with Gasteiger partial charge >= 0.3 is 0 Å². The van der Waals surface area contributed by atoms with Crippen molar-refractivity contribution in [3.8, 4) is 5.75 Å². The largest absolute Gasteiger partial charge is 0.484 e. The zero-order valence-corrected chi connectivity index (χ0v) is 11.4. The standard InChI is InChI=1S/C16H18N2O2/c1-12-4-2-3-5-15(12)18-16(19)11-20-14-8-6-13(10-17)7-9-14/h2-9H,10-11,17H2,1H3,(H,18,19). The van der Waals surface area contributed by atoms with E-state index in [0.717, 1.165) is 16.8 Å². The molecule has 1 amide bonds. The van der Waals surface area contributed by atoms with Gasteiger partial charge in [-0.3, -0.25) is 4.79 Å². The molecule has 0 aliphatic carbocycles. The molecule has 4 nitrogen and oxygen atoms in total. The van der Waals surface area contributed by atoms with Crippen molar-refractivity contribution in [2.45, 2.75) is 13.5 Å². The molecule has 0 heterocycles. The van der Waals surface area contributed by atoms with Crippen LogP contribution >= 0.6 is 0 Å². The van der Waals surface area contributed by atoms with Crippen LogP contribution in [-0.4, -0.2) is 12.5 Å². The van der Waals surface area contributed by atoms with Crippen LogP contribution in [0.5, 0.6) is 5.75 Å². The minimum absolute atomic E-state index is 0.0176. The number of carbonyl (C=O) groups excluding carboxylic acids is 1. The average Bonchev–Trinajstić information content (AvgIpc) is 2.48. The second-order valence-corrected chi connectivity index (χ2v) is 4.50. The van der Waals surface area contributed by atoms with Crippen molar-refractivity contribution in [2.24, 2.45) is 5.73 Å². The molecule has 2 aromatic rings. The lowest BCUT2D eigenvalue weighted by Crippen LogP contribution is -2.20. The Morgan fingerprint density at radius 1 is 1.15 bits per heavy atom. The first kappa shape index (κ1) is 14.1. The summed E-state index contributed by atoms with van der Waals surface area (Å²) in [6.07, 6.45) is 0. The second kappa shape index (κ2) is 6.73. The van der Waals surface area contributed by atoms with E-state index in [0.29, 0.717) is 12.3 Å². The predicted molar refractivity (Wildman–Crippen MR) is 79.6 cm³/mol. The van der Waals surface area contributed by atoms with Crippen LogP contribution in [0.1, 0.15) is 11.1 Å². The molecule has 0 aliphatic heterocycles. The van der Waals surface area contributed by atoms with Gasteiger partial charge in [-0.2, -0.15) is 0 Å². The van der Waals surface area contributed by atoms with Gasteiger partial charge in [0.05, 0.1) is 0 Å². The van der Waals surface area contributed by atoms with Crippen molar-refractivity contribution >= 4 is 11.6 Å². The number of hydrogen-bond acceptors (Lipinski definition) is 3. The van der Waals surface area contributed by atoms with Crippen LogP contribution < -0.4 is 15.8 Å². The third-order valence-electron chi connectivity index (χ3n) is 2.95. The highest BCUT2D eigenvalue weighted by Gasteiger charge is 2.05. The van der Waals surface area contributed by atoms with Crippen molar-refractivity contribution < 1.29 is 9.53 Å². The summed E-state index contributed by atoms with van der Waals surface area (Å²) in [4.78, 5) is 11.8. The molecule has 104 valence electrons. The van der Waals surface area contributed by atoms with E-state index in [1.165, 1.54) is 0 Å². The first-order valence-corrected chi connectivity index (χ1v) is 6.46. The molecule has 2 rings (SSSR count). The minimum Gasteiger partial charge on any atom is -0.484 e. The summed E-state index contributed by atoms with van der Waals surface area (Å²) in [5.74, 6) is 0.476. The van der Waals surface area contributed by atoms with E-state index >= 15 is 0 Å². The molecule has 0 fully saturated rings. The molecule has 0 atom stereocenters. The van der Waals surface area contributed by atoms with Gasteiger partial charge in [0.1, 0.15) is 5.75 Å². The van der Waals surface area contributed by atoms with Crippen molar-refractivity contribution in [3.63, 3.8) is 0 Å². The summed E-state index contributed by atoms with van der Waals surface area (Å²) in [5.41, 5.74) is 8.37. The number of anilines is 1. The monoisotopic (exact) mass is 270 g/mol. The van der Waals surface area contributed by atoms with Crippen LogP contribution in [0.25, 0.3) is 0 Å². The Morgan fingerprint density at radius 2 is 1.85 bits per heavy atom. The highest BCUT2D eigenvalue weighted by atomic mass is 16.5. The molecule has 0 spiro atoms. The van der Waals surface area contributed by atoms with Crippen molar-refractivity contribution in [2.75, 3.05) is 11.9 Å². The van der Waals surface area contributed by atoms with Gasteiger partial charge in [0, 0.05) is 12.2 Å². The number of benzene rings is 2. The van der Waals surface area contributed by atoms with Gasteiger partial charge < -0.3 is 15.8 Å². The topological polar surface area (TPSA) is 64.3 Å². The lowest BCUT2D eigenvalue weighted by atomic mass is 10.2. The second-order valence-electron chi connectivity index (χ2n) is 4.50. The number of nitrogens with one attached hydrogen (secondary N) is 1. The van der Waals surface area contributed by atoms with Gasteiger partial charge in [-0.05, 0) is 36.2 Å². The Balaban J connectivity index is 1.87. The number of carbonyl (C=O) groups is 1. The highest BCUT2D eigenvalue weighted by molar-refractivity contribution is 5.92. The van der Waals surface area contributed by atoms with Crippen LogP contribution in [0, 0.1) is 6.92 Å². The molecule has 0 aromatic heterocycles. The van der Waals surface area contributed by atoms with Gasteiger partial charge in [-0.15, -0.1) is 0 Å². The predicted octanol–water partition coefficient (Wildman–Crippen LogP) is 2.47. The fourth-order valence-electron chi connectivity index (χ4n) is 1.77. The molecular formula is C16H18N2O2. The maximum absolute atomic E-state index is 11.8. The number of aryl methyl sites for hydroxylation is 1. The number of para-hydroxylation sites is 1. The van der Waals surface area contributed by atoms with Crippen LogP contribution in [0.3, 0.4) is 0 Å². The molecular weight excluding hydrogens is 252 g/mol. The van der Waals surface area contributed by atoms with E-state index in [9.17, 15) is 4.79 Å². The molecule has 20 heavy (non-hydrogen) atoms. The molecule has 0 bridgehead atoms. The summed E-state index contributed by atoms with van der Waals surface area (Å²) >= 11 is 0. The Labute approximate surface area is 118 Å². The molecule has 3 N–H and O–H groups in total. The van der Waals surface area contributed by atoms with E-state index in [-0.39, 0.29) is 12.5 Å². The smallest absolute Gasteiger partial charge is 0.262 e. The third kappa shape index (κ3) is 3.83. The van der Waals surface area contributed by atoms with Crippen molar-refractivity contribution in [1.29, 1.82) is 0 Å². The lowest BCUT2D eigenvalue weighted by Gasteiger charge is -2.09. The Morgan fingerprint density at radius 3 is 2.50 bits per heavy atom. The fourth-order valence-corrected chi connectivity index (χ4v) is 1.77. The first-order chi connectivity index (χ1) is 9.69. The van der Waals surface area contributed by atoms with Gasteiger partial charge in [-0.25, -0.2) is 0 Å². The summed E-state index contributed by atoms with van der Waals surface area (Å²) in [7, 11) is 0. The number of nitrogens with two attached hydrogens (primary N) is 1. The molecule has 0 aliphatic rings. The number of rotatable bonds is 5. The summed E-state index contributed by atoms with van der Waals surface area (Å²) < 4.78 is 5.43. The summed E-state index contributed by atoms with van der Waals surface area (Å²) in [6, 6.07) is 15.0. The number of ether oxygens (including phenoxy) is 1. The molecule has 2 aromatic carbocycles. The van der Waals surface area contributed by atoms with Gasteiger partial charge in [0.15, 0.2) is 6.61 Å². The van der Waals surface area contributed by atoms with Crippen LogP contribution in [0.15, 0.2) is 48.5 Å². The van der Waals surface area contributed by atoms with E-state index in [4.69, 9.17) is 10.5 Å². The van der Waals surface area contributed by atoms with E-state index in [1.54, 1.807) is 0 Å². The van der Waals surface area contributed by atoms with Gasteiger partial charge in [-0.1, -0.05) is 30.3 Å². The van der Waals surface area contributed by atoms with Crippen molar-refractivity contribution in [3.05, 3.63) is 59.7 Å². The van der Waals surface area contributed by atoms with Crippen LogP contribution in [0.2, 0.25) is 0 Å². The average molecular weight is 270 g/mol. The van der Waals surface area contributed by atoms with Crippen LogP contribution in [0.4, 0.5) is 5.69 Å². The Bertz CT molecular complexity index is 579. The molecule has 4 heteroatoms. The zero-order valence-electron chi connectivity index (χ0n) is 11.4. The normalized spacial score (nSPS) is 10.1. The first-order valence-electron chi connectivity index (χ1n) is 6.46. The van der Waals surface area contributed by atoms with Gasteiger partial charge in [0.25, 0.3) is 5.91 Å². The van der Waals surface area contributed by atoms with E-state index < -0.39 is 0 Å². The highest BCUT2D eigenvalue weighted by Crippen LogP contribution is 2.14. The van der Waals surface area contributed by atoms with E-state index in [1.807, 2.05) is 55.5 Å². The zero-order chi connectivity index (χ0) is 14.4.